The van der Waals surface area contributed by atoms with Gasteiger partial charge in [-0.2, -0.15) is 0 Å². The third-order valence-electron chi connectivity index (χ3n) is 3.63. The highest BCUT2D eigenvalue weighted by molar-refractivity contribution is 7.90. The van der Waals surface area contributed by atoms with Crippen LogP contribution in [0.5, 0.6) is 0 Å². The van der Waals surface area contributed by atoms with Gasteiger partial charge in [-0.25, -0.2) is 18.0 Å². The SMILES string of the molecule is CCOC(=O)c1ccoc1COC(=O)C1=CN2CCS(=O)(=O)N=C2C=C1. The molecule has 0 amide bonds. The van der Waals surface area contributed by atoms with Crippen molar-refractivity contribution < 1.29 is 31.9 Å². The number of furan rings is 1. The second-order valence-corrected chi connectivity index (χ2v) is 7.16. The van der Waals surface area contributed by atoms with Crippen molar-refractivity contribution in [1.29, 1.82) is 0 Å². The van der Waals surface area contributed by atoms with Crippen LogP contribution in [0.3, 0.4) is 0 Å². The normalized spacial score (nSPS) is 17.8. The van der Waals surface area contributed by atoms with Crippen LogP contribution in [0.4, 0.5) is 0 Å². The number of ether oxygens (including phenoxy) is 2. The van der Waals surface area contributed by atoms with Gasteiger partial charge in [-0.15, -0.1) is 4.40 Å². The van der Waals surface area contributed by atoms with Gasteiger partial charge in [0.15, 0.2) is 12.4 Å². The molecule has 1 aromatic rings. The van der Waals surface area contributed by atoms with E-state index >= 15 is 0 Å². The van der Waals surface area contributed by atoms with Crippen molar-refractivity contribution in [2.24, 2.45) is 4.40 Å². The molecule has 0 N–H and O–H groups in total. The summed E-state index contributed by atoms with van der Waals surface area (Å²) in [6.07, 6.45) is 5.65. The van der Waals surface area contributed by atoms with Crippen LogP contribution in [0, 0.1) is 0 Å². The number of amidine groups is 1. The molecule has 1 aromatic heterocycles. The number of sulfonamides is 1. The molecule has 0 saturated carbocycles. The van der Waals surface area contributed by atoms with Crippen LogP contribution >= 0.6 is 0 Å². The predicted octanol–water partition coefficient (Wildman–Crippen LogP) is 0.997. The van der Waals surface area contributed by atoms with E-state index in [4.69, 9.17) is 13.9 Å². The molecule has 0 fully saturated rings. The van der Waals surface area contributed by atoms with Gasteiger partial charge in [-0.05, 0) is 25.1 Å². The highest BCUT2D eigenvalue weighted by Gasteiger charge is 2.26. The molecule has 0 aliphatic carbocycles. The molecule has 0 radical (unpaired) electrons. The van der Waals surface area contributed by atoms with Gasteiger partial charge in [-0.1, -0.05) is 0 Å². The van der Waals surface area contributed by atoms with E-state index in [0.29, 0.717) is 0 Å². The van der Waals surface area contributed by atoms with E-state index in [1.54, 1.807) is 11.8 Å². The second kappa shape index (κ2) is 7.16. The number of esters is 2. The molecule has 138 valence electrons. The van der Waals surface area contributed by atoms with Gasteiger partial charge < -0.3 is 18.8 Å². The van der Waals surface area contributed by atoms with Crippen molar-refractivity contribution >= 4 is 27.8 Å². The van der Waals surface area contributed by atoms with Crippen LogP contribution in [-0.4, -0.2) is 50.0 Å². The number of fused-ring (bicyclic) bond motifs is 1. The molecule has 0 bridgehead atoms. The average molecular weight is 380 g/mol. The summed E-state index contributed by atoms with van der Waals surface area (Å²) in [7, 11) is -3.46. The number of carbonyl (C=O) groups excluding carboxylic acids is 2. The van der Waals surface area contributed by atoms with E-state index in [1.807, 2.05) is 0 Å². The van der Waals surface area contributed by atoms with Crippen LogP contribution in [0.25, 0.3) is 0 Å². The summed E-state index contributed by atoms with van der Waals surface area (Å²) < 4.78 is 41.8. The molecule has 0 saturated heterocycles. The molecule has 26 heavy (non-hydrogen) atoms. The van der Waals surface area contributed by atoms with E-state index < -0.39 is 22.0 Å². The van der Waals surface area contributed by atoms with E-state index in [1.165, 1.54) is 30.7 Å². The van der Waals surface area contributed by atoms with Crippen molar-refractivity contribution in [2.45, 2.75) is 13.5 Å². The van der Waals surface area contributed by atoms with E-state index in [0.717, 1.165) is 0 Å². The van der Waals surface area contributed by atoms with Crippen molar-refractivity contribution in [3.05, 3.63) is 47.6 Å². The topological polar surface area (TPSA) is 115 Å². The Balaban J connectivity index is 1.66. The monoisotopic (exact) mass is 380 g/mol. The predicted molar refractivity (Wildman–Crippen MR) is 89.6 cm³/mol. The summed E-state index contributed by atoms with van der Waals surface area (Å²) >= 11 is 0. The van der Waals surface area contributed by atoms with Gasteiger partial charge in [0.2, 0.25) is 0 Å². The third-order valence-corrected chi connectivity index (χ3v) is 4.80. The maximum atomic E-state index is 12.2. The highest BCUT2D eigenvalue weighted by Crippen LogP contribution is 2.18. The molecule has 3 heterocycles. The molecular weight excluding hydrogens is 364 g/mol. The Morgan fingerprint density at radius 1 is 1.27 bits per heavy atom. The van der Waals surface area contributed by atoms with E-state index in [2.05, 4.69) is 4.40 Å². The summed E-state index contributed by atoms with van der Waals surface area (Å²) in [4.78, 5) is 25.6. The third kappa shape index (κ3) is 3.85. The lowest BCUT2D eigenvalue weighted by molar-refractivity contribution is -0.140. The Morgan fingerprint density at radius 3 is 2.85 bits per heavy atom. The average Bonchev–Trinajstić information content (AvgIpc) is 3.07. The van der Waals surface area contributed by atoms with Crippen LogP contribution in [-0.2, 0) is 30.9 Å². The molecule has 3 rings (SSSR count). The Bertz CT molecular complexity index is 924. The number of nitrogens with zero attached hydrogens (tertiary/aromatic N) is 2. The van der Waals surface area contributed by atoms with Crippen LogP contribution in [0.15, 0.2) is 45.1 Å². The van der Waals surface area contributed by atoms with E-state index in [-0.39, 0.29) is 48.2 Å². The lowest BCUT2D eigenvalue weighted by atomic mass is 10.2. The molecule has 0 atom stereocenters. The minimum Gasteiger partial charge on any atom is -0.465 e. The van der Waals surface area contributed by atoms with E-state index in [9.17, 15) is 18.0 Å². The summed E-state index contributed by atoms with van der Waals surface area (Å²) in [6.45, 7) is 1.87. The Hall–Kier alpha value is -2.88. The maximum absolute atomic E-state index is 12.2. The van der Waals surface area contributed by atoms with Gasteiger partial charge in [-0.3, -0.25) is 0 Å². The van der Waals surface area contributed by atoms with Gasteiger partial charge >= 0.3 is 11.9 Å². The minimum absolute atomic E-state index is 0.127. The van der Waals surface area contributed by atoms with Crippen molar-refractivity contribution in [3.63, 3.8) is 0 Å². The lowest BCUT2D eigenvalue weighted by Gasteiger charge is -2.26. The van der Waals surface area contributed by atoms with Crippen molar-refractivity contribution in [2.75, 3.05) is 18.9 Å². The van der Waals surface area contributed by atoms with Gasteiger partial charge in [0.1, 0.15) is 11.4 Å². The zero-order chi connectivity index (χ0) is 18.7. The summed E-state index contributed by atoms with van der Waals surface area (Å²) in [5, 5.41) is 0. The first kappa shape index (κ1) is 17.9. The Morgan fingerprint density at radius 2 is 2.08 bits per heavy atom. The molecule has 0 spiro atoms. The molecule has 2 aliphatic rings. The zero-order valence-electron chi connectivity index (χ0n) is 13.9. The summed E-state index contributed by atoms with van der Waals surface area (Å²) in [6, 6.07) is 1.44. The van der Waals surface area contributed by atoms with Gasteiger partial charge in [0.05, 0.1) is 24.2 Å². The number of hydrogen-bond donors (Lipinski definition) is 0. The smallest absolute Gasteiger partial charge is 0.341 e. The summed E-state index contributed by atoms with van der Waals surface area (Å²) in [5.41, 5.74) is 0.427. The van der Waals surface area contributed by atoms with Crippen LogP contribution < -0.4 is 0 Å². The minimum atomic E-state index is -3.46. The number of hydrogen-bond acceptors (Lipinski definition) is 8. The first-order chi connectivity index (χ1) is 12.4. The lowest BCUT2D eigenvalue weighted by Crippen LogP contribution is -2.37. The molecule has 10 heteroatoms. The molecular formula is C16H16N2O7S. The maximum Gasteiger partial charge on any atom is 0.341 e. The molecule has 2 aliphatic heterocycles. The van der Waals surface area contributed by atoms with Gasteiger partial charge in [0.25, 0.3) is 10.0 Å². The Labute approximate surface area is 149 Å². The van der Waals surface area contributed by atoms with Crippen LogP contribution in [0.2, 0.25) is 0 Å². The fourth-order valence-electron chi connectivity index (χ4n) is 2.38. The largest absolute Gasteiger partial charge is 0.465 e. The molecule has 9 nitrogen and oxygen atoms in total. The standard InChI is InChI=1S/C16H16N2O7S/c1-2-23-16(20)12-5-7-24-13(12)10-25-15(19)11-3-4-14-17-26(21,22)8-6-18(14)9-11/h3-5,7,9H,2,6,8,10H2,1H3. The molecule has 0 unspecified atom stereocenters. The first-order valence-electron chi connectivity index (χ1n) is 7.79. The fraction of sp³-hybridized carbons (Fsp3) is 0.312. The van der Waals surface area contributed by atoms with Crippen molar-refractivity contribution in [3.8, 4) is 0 Å². The van der Waals surface area contributed by atoms with Gasteiger partial charge in [0, 0.05) is 12.7 Å². The quantitative estimate of drug-likeness (QED) is 0.695. The number of rotatable bonds is 5. The summed E-state index contributed by atoms with van der Waals surface area (Å²) in [5.74, 6) is -0.885. The molecule has 0 aromatic carbocycles. The second-order valence-electron chi connectivity index (χ2n) is 5.40. The fourth-order valence-corrected chi connectivity index (χ4v) is 3.35. The first-order valence-corrected chi connectivity index (χ1v) is 9.40. The highest BCUT2D eigenvalue weighted by atomic mass is 32.2. The zero-order valence-corrected chi connectivity index (χ0v) is 14.7. The Kier molecular flexibility index (Phi) is 4.94. The number of carbonyl (C=O) groups is 2. The van der Waals surface area contributed by atoms with Crippen LogP contribution in [0.1, 0.15) is 23.0 Å². The van der Waals surface area contributed by atoms with Crippen molar-refractivity contribution in [1.82, 2.24) is 4.90 Å².